The standard InChI is InChI=1S/C23H21F3N6O/c24-23(25,26)19-11-30-20(12-29-19)31-17-10-14-6-7-18(17)32(13-14)22(33)16-5-2-1-4-15(16)21-27-8-3-9-28-21/h1-5,8-9,11-12,14,17-18H,6-7,10,13H2,(H,30,31)/t14-,17+,18-/m0/s1. The average Bonchev–Trinajstić information content (AvgIpc) is 2.84. The average molecular weight is 454 g/mol. The molecule has 1 aliphatic carbocycles. The van der Waals surface area contributed by atoms with Crippen molar-refractivity contribution in [1.29, 1.82) is 0 Å². The number of piperidine rings is 2. The summed E-state index contributed by atoms with van der Waals surface area (Å²) in [5, 5.41) is 3.21. The first kappa shape index (κ1) is 21.3. The largest absolute Gasteiger partial charge is 0.434 e. The first-order chi connectivity index (χ1) is 15.9. The number of anilines is 1. The van der Waals surface area contributed by atoms with Gasteiger partial charge in [-0.15, -0.1) is 0 Å². The van der Waals surface area contributed by atoms with E-state index in [1.165, 1.54) is 0 Å². The second-order valence-corrected chi connectivity index (χ2v) is 8.36. The molecule has 0 radical (unpaired) electrons. The molecule has 7 nitrogen and oxygen atoms in total. The van der Waals surface area contributed by atoms with Gasteiger partial charge in [0.05, 0.1) is 24.0 Å². The highest BCUT2D eigenvalue weighted by molar-refractivity contribution is 6.00. The zero-order chi connectivity index (χ0) is 23.0. The Balaban J connectivity index is 1.38. The Hall–Kier alpha value is -3.56. The SMILES string of the molecule is O=C(c1ccccc1-c1ncccn1)N1C[C@H]2CC[C@H]1[C@H](Nc1cnc(C(F)(F)F)cn1)C2. The van der Waals surface area contributed by atoms with Gasteiger partial charge in [0.2, 0.25) is 0 Å². The van der Waals surface area contributed by atoms with Gasteiger partial charge in [-0.25, -0.2) is 19.9 Å². The lowest BCUT2D eigenvalue weighted by atomic mass is 9.76. The summed E-state index contributed by atoms with van der Waals surface area (Å²) in [6.07, 6.45) is 3.20. The fraction of sp³-hybridized carbons (Fsp3) is 0.348. The molecule has 0 spiro atoms. The maximum Gasteiger partial charge on any atom is 0.434 e. The van der Waals surface area contributed by atoms with Crippen molar-refractivity contribution in [2.24, 2.45) is 5.92 Å². The lowest BCUT2D eigenvalue weighted by molar-refractivity contribution is -0.141. The van der Waals surface area contributed by atoms with E-state index >= 15 is 0 Å². The summed E-state index contributed by atoms with van der Waals surface area (Å²) in [5.74, 6) is 0.959. The minimum absolute atomic E-state index is 0.0993. The molecule has 3 aromatic rings. The monoisotopic (exact) mass is 454 g/mol. The number of alkyl halides is 3. The van der Waals surface area contributed by atoms with Gasteiger partial charge in [-0.05, 0) is 37.3 Å². The van der Waals surface area contributed by atoms with Gasteiger partial charge >= 0.3 is 6.18 Å². The van der Waals surface area contributed by atoms with Crippen molar-refractivity contribution in [3.8, 4) is 11.4 Å². The molecule has 6 rings (SSSR count). The molecule has 2 aromatic heterocycles. The summed E-state index contributed by atoms with van der Waals surface area (Å²) >= 11 is 0. The number of carbonyl (C=O) groups excluding carboxylic acids is 1. The van der Waals surface area contributed by atoms with Crippen LogP contribution in [0.4, 0.5) is 19.0 Å². The Kier molecular flexibility index (Phi) is 5.43. The van der Waals surface area contributed by atoms with Gasteiger partial charge in [0.15, 0.2) is 11.5 Å². The number of halogens is 3. The number of hydrogen-bond acceptors (Lipinski definition) is 6. The molecule has 10 heteroatoms. The van der Waals surface area contributed by atoms with Crippen molar-refractivity contribution >= 4 is 11.7 Å². The van der Waals surface area contributed by atoms with Crippen LogP contribution in [0.25, 0.3) is 11.4 Å². The number of carbonyl (C=O) groups is 1. The first-order valence-electron chi connectivity index (χ1n) is 10.7. The third-order valence-corrected chi connectivity index (χ3v) is 6.28. The molecule has 33 heavy (non-hydrogen) atoms. The number of nitrogens with zero attached hydrogens (tertiary/aromatic N) is 5. The van der Waals surface area contributed by atoms with Crippen molar-refractivity contribution in [2.45, 2.75) is 37.5 Å². The van der Waals surface area contributed by atoms with E-state index in [1.807, 2.05) is 23.1 Å². The minimum atomic E-state index is -4.53. The summed E-state index contributed by atoms with van der Waals surface area (Å²) in [6.45, 7) is 0.643. The lowest BCUT2D eigenvalue weighted by Gasteiger charge is -2.50. The van der Waals surface area contributed by atoms with E-state index in [9.17, 15) is 18.0 Å². The molecule has 4 heterocycles. The molecule has 1 N–H and O–H groups in total. The number of hydrogen-bond donors (Lipinski definition) is 1. The predicted molar refractivity (Wildman–Crippen MR) is 114 cm³/mol. The number of nitrogens with one attached hydrogen (secondary N) is 1. The maximum absolute atomic E-state index is 13.6. The summed E-state index contributed by atoms with van der Waals surface area (Å²) in [5.41, 5.74) is 0.168. The van der Waals surface area contributed by atoms with Crippen LogP contribution >= 0.6 is 0 Å². The number of rotatable bonds is 4. The predicted octanol–water partition coefficient (Wildman–Crippen LogP) is 4.06. The fourth-order valence-electron chi connectivity index (χ4n) is 4.78. The van der Waals surface area contributed by atoms with E-state index in [1.54, 1.807) is 24.5 Å². The highest BCUT2D eigenvalue weighted by atomic mass is 19.4. The minimum Gasteiger partial charge on any atom is -0.364 e. The molecule has 2 aliphatic heterocycles. The van der Waals surface area contributed by atoms with E-state index in [-0.39, 0.29) is 23.8 Å². The number of amides is 1. The summed E-state index contributed by atoms with van der Waals surface area (Å²) in [6, 6.07) is 8.77. The van der Waals surface area contributed by atoms with Crippen molar-refractivity contribution in [3.63, 3.8) is 0 Å². The Bertz CT molecular complexity index is 1140. The van der Waals surface area contributed by atoms with Gasteiger partial charge in [-0.3, -0.25) is 4.79 Å². The van der Waals surface area contributed by atoms with Gasteiger partial charge in [-0.1, -0.05) is 18.2 Å². The Labute approximate surface area is 188 Å². The second kappa shape index (κ2) is 8.42. The molecule has 3 aliphatic rings. The third kappa shape index (κ3) is 4.24. The molecule has 2 saturated heterocycles. The molecule has 3 fully saturated rings. The van der Waals surface area contributed by atoms with Gasteiger partial charge in [0.1, 0.15) is 5.82 Å². The van der Waals surface area contributed by atoms with E-state index in [0.29, 0.717) is 29.4 Å². The molecule has 0 unspecified atom stereocenters. The zero-order valence-electron chi connectivity index (χ0n) is 17.5. The van der Waals surface area contributed by atoms with E-state index in [0.717, 1.165) is 31.7 Å². The molecule has 3 atom stereocenters. The fourth-order valence-corrected chi connectivity index (χ4v) is 4.78. The van der Waals surface area contributed by atoms with Crippen molar-refractivity contribution in [1.82, 2.24) is 24.8 Å². The van der Waals surface area contributed by atoms with Crippen LogP contribution in [-0.4, -0.2) is 49.4 Å². The summed E-state index contributed by atoms with van der Waals surface area (Å²) in [7, 11) is 0. The van der Waals surface area contributed by atoms with Crippen LogP contribution in [0, 0.1) is 5.92 Å². The quantitative estimate of drug-likeness (QED) is 0.640. The third-order valence-electron chi connectivity index (χ3n) is 6.28. The molecule has 170 valence electrons. The van der Waals surface area contributed by atoms with Crippen molar-refractivity contribution in [3.05, 3.63) is 66.4 Å². The Morgan fingerprint density at radius 2 is 1.79 bits per heavy atom. The van der Waals surface area contributed by atoms with Crippen LogP contribution < -0.4 is 5.32 Å². The number of benzene rings is 1. The van der Waals surface area contributed by atoms with Gasteiger partial charge in [-0.2, -0.15) is 13.2 Å². The zero-order valence-corrected chi connectivity index (χ0v) is 17.5. The summed E-state index contributed by atoms with van der Waals surface area (Å²) in [4.78, 5) is 31.4. The molecular weight excluding hydrogens is 433 g/mol. The highest BCUT2D eigenvalue weighted by Crippen LogP contribution is 2.38. The Morgan fingerprint density at radius 1 is 1.00 bits per heavy atom. The first-order valence-corrected chi connectivity index (χ1v) is 10.7. The van der Waals surface area contributed by atoms with Crippen LogP contribution in [0.2, 0.25) is 0 Å². The number of aromatic nitrogens is 4. The Morgan fingerprint density at radius 3 is 2.48 bits per heavy atom. The van der Waals surface area contributed by atoms with Crippen molar-refractivity contribution < 1.29 is 18.0 Å². The smallest absolute Gasteiger partial charge is 0.364 e. The van der Waals surface area contributed by atoms with Crippen LogP contribution in [0.1, 0.15) is 35.3 Å². The molecule has 1 amide bonds. The molecule has 1 aromatic carbocycles. The number of fused-ring (bicyclic) bond motifs is 3. The molecule has 1 saturated carbocycles. The van der Waals surface area contributed by atoms with E-state index in [2.05, 4.69) is 25.3 Å². The van der Waals surface area contributed by atoms with Crippen LogP contribution in [-0.2, 0) is 6.18 Å². The van der Waals surface area contributed by atoms with Gasteiger partial charge < -0.3 is 10.2 Å². The topological polar surface area (TPSA) is 83.9 Å². The molecular formula is C23H21F3N6O. The second-order valence-electron chi connectivity index (χ2n) is 8.36. The van der Waals surface area contributed by atoms with Crippen molar-refractivity contribution in [2.75, 3.05) is 11.9 Å². The van der Waals surface area contributed by atoms with Gasteiger partial charge in [0, 0.05) is 30.5 Å². The summed E-state index contributed by atoms with van der Waals surface area (Å²) < 4.78 is 38.3. The van der Waals surface area contributed by atoms with Gasteiger partial charge in [0.25, 0.3) is 5.91 Å². The van der Waals surface area contributed by atoms with E-state index in [4.69, 9.17) is 0 Å². The highest BCUT2D eigenvalue weighted by Gasteiger charge is 2.43. The van der Waals surface area contributed by atoms with E-state index < -0.39 is 11.9 Å². The normalized spacial score (nSPS) is 22.3. The maximum atomic E-state index is 13.6. The van der Waals surface area contributed by atoms with Crippen LogP contribution in [0.5, 0.6) is 0 Å². The lowest BCUT2D eigenvalue weighted by Crippen LogP contribution is -2.59. The van der Waals surface area contributed by atoms with Crippen LogP contribution in [0.3, 0.4) is 0 Å². The molecule has 2 bridgehead atoms. The van der Waals surface area contributed by atoms with Crippen LogP contribution in [0.15, 0.2) is 55.1 Å².